The van der Waals surface area contributed by atoms with Gasteiger partial charge in [0.1, 0.15) is 17.6 Å². The first-order valence-corrected chi connectivity index (χ1v) is 11.8. The molecule has 4 aromatic rings. The highest BCUT2D eigenvalue weighted by atomic mass is 19.1. The van der Waals surface area contributed by atoms with E-state index in [9.17, 15) is 9.18 Å². The van der Waals surface area contributed by atoms with Crippen LogP contribution >= 0.6 is 0 Å². The molecule has 4 aromatic carbocycles. The summed E-state index contributed by atoms with van der Waals surface area (Å²) in [6, 6.07) is 29.0. The summed E-state index contributed by atoms with van der Waals surface area (Å²) in [5.41, 5.74) is 5.36. The summed E-state index contributed by atoms with van der Waals surface area (Å²) >= 11 is 0. The molecule has 0 saturated heterocycles. The van der Waals surface area contributed by atoms with Crippen molar-refractivity contribution < 1.29 is 13.9 Å². The topological polar surface area (TPSA) is 50.1 Å². The molecule has 0 aliphatic carbocycles. The van der Waals surface area contributed by atoms with Gasteiger partial charge >= 0.3 is 5.97 Å². The zero-order valence-electron chi connectivity index (χ0n) is 19.6. The van der Waals surface area contributed by atoms with Crippen LogP contribution in [0.15, 0.2) is 91.0 Å². The molecular formula is C31H26FNO2. The molecule has 35 heavy (non-hydrogen) atoms. The van der Waals surface area contributed by atoms with Gasteiger partial charge in [-0.05, 0) is 77.1 Å². The lowest BCUT2D eigenvalue weighted by molar-refractivity contribution is 0.0735. The van der Waals surface area contributed by atoms with E-state index in [2.05, 4.69) is 31.2 Å². The molecule has 0 unspecified atom stereocenters. The Morgan fingerprint density at radius 1 is 0.800 bits per heavy atom. The lowest BCUT2D eigenvalue weighted by atomic mass is 10.0. The molecule has 0 aliphatic heterocycles. The highest BCUT2D eigenvalue weighted by molar-refractivity contribution is 5.91. The van der Waals surface area contributed by atoms with Gasteiger partial charge in [-0.25, -0.2) is 9.18 Å². The molecule has 4 heteroatoms. The fourth-order valence-electron chi connectivity index (χ4n) is 3.91. The first-order chi connectivity index (χ1) is 17.1. The standard InChI is InChI=1S/C31H26FNO2/c1-2-3-4-5-22-6-8-23(9-7-22)24-10-12-26(13-11-24)31(34)35-29-18-16-25(17-19-29)27-14-15-28(21-33)30(32)20-27/h6-20H,2-5H2,1H3. The van der Waals surface area contributed by atoms with E-state index in [0.29, 0.717) is 16.9 Å². The van der Waals surface area contributed by atoms with Gasteiger partial charge in [-0.2, -0.15) is 5.26 Å². The van der Waals surface area contributed by atoms with E-state index in [1.807, 2.05) is 18.2 Å². The van der Waals surface area contributed by atoms with Gasteiger partial charge < -0.3 is 4.74 Å². The first-order valence-electron chi connectivity index (χ1n) is 11.8. The van der Waals surface area contributed by atoms with Gasteiger partial charge in [0.2, 0.25) is 0 Å². The van der Waals surface area contributed by atoms with E-state index < -0.39 is 11.8 Å². The number of benzene rings is 4. The summed E-state index contributed by atoms with van der Waals surface area (Å²) in [6.07, 6.45) is 4.78. The number of carbonyl (C=O) groups is 1. The van der Waals surface area contributed by atoms with Crippen LogP contribution in [0.5, 0.6) is 5.75 Å². The molecule has 0 amide bonds. The largest absolute Gasteiger partial charge is 0.423 e. The van der Waals surface area contributed by atoms with Crippen molar-refractivity contribution in [2.24, 2.45) is 0 Å². The van der Waals surface area contributed by atoms with Crippen LogP contribution < -0.4 is 4.74 Å². The number of rotatable bonds is 8. The second-order valence-corrected chi connectivity index (χ2v) is 8.45. The van der Waals surface area contributed by atoms with E-state index in [1.165, 1.54) is 37.0 Å². The number of nitrogens with zero attached hydrogens (tertiary/aromatic N) is 1. The Morgan fingerprint density at radius 3 is 1.97 bits per heavy atom. The van der Waals surface area contributed by atoms with Crippen LogP contribution in [0.25, 0.3) is 22.3 Å². The van der Waals surface area contributed by atoms with Crippen molar-refractivity contribution in [3.05, 3.63) is 114 Å². The van der Waals surface area contributed by atoms with E-state index in [0.717, 1.165) is 23.1 Å². The van der Waals surface area contributed by atoms with E-state index in [-0.39, 0.29) is 5.56 Å². The summed E-state index contributed by atoms with van der Waals surface area (Å²) in [7, 11) is 0. The summed E-state index contributed by atoms with van der Waals surface area (Å²) in [5, 5.41) is 8.87. The van der Waals surface area contributed by atoms with Gasteiger partial charge in [0, 0.05) is 0 Å². The molecule has 0 spiro atoms. The fourth-order valence-corrected chi connectivity index (χ4v) is 3.91. The summed E-state index contributed by atoms with van der Waals surface area (Å²) in [4.78, 5) is 12.6. The quantitative estimate of drug-likeness (QED) is 0.151. The highest BCUT2D eigenvalue weighted by Crippen LogP contribution is 2.25. The van der Waals surface area contributed by atoms with E-state index >= 15 is 0 Å². The van der Waals surface area contributed by atoms with Gasteiger partial charge in [0.25, 0.3) is 0 Å². The molecule has 0 bridgehead atoms. The predicted octanol–water partition coefficient (Wildman–Crippen LogP) is 7.98. The summed E-state index contributed by atoms with van der Waals surface area (Å²) in [5.74, 6) is -0.609. The lowest BCUT2D eigenvalue weighted by Gasteiger charge is -2.08. The smallest absolute Gasteiger partial charge is 0.343 e. The Balaban J connectivity index is 1.38. The minimum atomic E-state index is -0.563. The van der Waals surface area contributed by atoms with E-state index in [1.54, 1.807) is 42.5 Å². The summed E-state index contributed by atoms with van der Waals surface area (Å²) in [6.45, 7) is 2.21. The average Bonchev–Trinajstić information content (AvgIpc) is 2.90. The van der Waals surface area contributed by atoms with Gasteiger partial charge in [-0.15, -0.1) is 0 Å². The molecule has 0 N–H and O–H groups in total. The molecule has 4 rings (SSSR count). The number of halogens is 1. The molecule has 0 aromatic heterocycles. The third kappa shape index (κ3) is 6.02. The first kappa shape index (κ1) is 23.9. The molecule has 0 radical (unpaired) electrons. The Labute approximate surface area is 205 Å². The second kappa shape index (κ2) is 11.3. The monoisotopic (exact) mass is 463 g/mol. The number of carbonyl (C=O) groups excluding carboxylic acids is 1. The van der Waals surface area contributed by atoms with Crippen LogP contribution in [0.3, 0.4) is 0 Å². The fraction of sp³-hybridized carbons (Fsp3) is 0.161. The molecule has 0 fully saturated rings. The number of hydrogen-bond donors (Lipinski definition) is 0. The zero-order valence-corrected chi connectivity index (χ0v) is 19.6. The van der Waals surface area contributed by atoms with Crippen molar-refractivity contribution in [2.45, 2.75) is 32.6 Å². The van der Waals surface area contributed by atoms with Crippen LogP contribution in [-0.2, 0) is 6.42 Å². The minimum Gasteiger partial charge on any atom is -0.423 e. The van der Waals surface area contributed by atoms with Crippen LogP contribution in [0, 0.1) is 17.1 Å². The zero-order chi connectivity index (χ0) is 24.6. The van der Waals surface area contributed by atoms with Gasteiger partial charge in [-0.1, -0.05) is 74.4 Å². The van der Waals surface area contributed by atoms with E-state index in [4.69, 9.17) is 10.00 Å². The minimum absolute atomic E-state index is 0.00439. The number of hydrogen-bond acceptors (Lipinski definition) is 3. The molecule has 3 nitrogen and oxygen atoms in total. The lowest BCUT2D eigenvalue weighted by Crippen LogP contribution is -2.08. The maximum atomic E-state index is 13.9. The van der Waals surface area contributed by atoms with Crippen molar-refractivity contribution in [1.82, 2.24) is 0 Å². The van der Waals surface area contributed by atoms with Crippen LogP contribution in [0.2, 0.25) is 0 Å². The number of esters is 1. The molecular weight excluding hydrogens is 437 g/mol. The van der Waals surface area contributed by atoms with Crippen molar-refractivity contribution in [2.75, 3.05) is 0 Å². The van der Waals surface area contributed by atoms with Crippen LogP contribution in [-0.4, -0.2) is 5.97 Å². The highest BCUT2D eigenvalue weighted by Gasteiger charge is 2.10. The third-order valence-electron chi connectivity index (χ3n) is 5.96. The summed E-state index contributed by atoms with van der Waals surface area (Å²) < 4.78 is 19.4. The van der Waals surface area contributed by atoms with Crippen molar-refractivity contribution in [3.63, 3.8) is 0 Å². The van der Waals surface area contributed by atoms with Gasteiger partial charge in [0.05, 0.1) is 11.1 Å². The van der Waals surface area contributed by atoms with Gasteiger partial charge in [0.15, 0.2) is 0 Å². The van der Waals surface area contributed by atoms with Crippen LogP contribution in [0.1, 0.15) is 47.7 Å². The van der Waals surface area contributed by atoms with Crippen LogP contribution in [0.4, 0.5) is 4.39 Å². The van der Waals surface area contributed by atoms with Crippen molar-refractivity contribution in [3.8, 4) is 34.1 Å². The normalized spacial score (nSPS) is 10.5. The molecule has 0 saturated carbocycles. The Bertz CT molecular complexity index is 1340. The number of unbranched alkanes of at least 4 members (excludes halogenated alkanes) is 2. The number of ether oxygens (including phenoxy) is 1. The average molecular weight is 464 g/mol. The Morgan fingerprint density at radius 2 is 1.37 bits per heavy atom. The maximum absolute atomic E-state index is 13.9. The Kier molecular flexibility index (Phi) is 7.70. The van der Waals surface area contributed by atoms with Crippen molar-refractivity contribution in [1.29, 1.82) is 5.26 Å². The predicted molar refractivity (Wildman–Crippen MR) is 137 cm³/mol. The van der Waals surface area contributed by atoms with Crippen molar-refractivity contribution >= 4 is 5.97 Å². The van der Waals surface area contributed by atoms with Gasteiger partial charge in [-0.3, -0.25) is 0 Å². The third-order valence-corrected chi connectivity index (χ3v) is 5.96. The molecule has 0 heterocycles. The Hall–Kier alpha value is -4.23. The molecule has 0 atom stereocenters. The SMILES string of the molecule is CCCCCc1ccc(-c2ccc(C(=O)Oc3ccc(-c4ccc(C#N)c(F)c4)cc3)cc2)cc1. The molecule has 174 valence electrons. The molecule has 0 aliphatic rings. The second-order valence-electron chi connectivity index (χ2n) is 8.45. The maximum Gasteiger partial charge on any atom is 0.343 e. The number of aryl methyl sites for hydroxylation is 1. The number of nitriles is 1.